The lowest BCUT2D eigenvalue weighted by Crippen LogP contribution is -2.45. The number of benzene rings is 1. The van der Waals surface area contributed by atoms with Gasteiger partial charge in [0.05, 0.1) is 12.5 Å². The van der Waals surface area contributed by atoms with E-state index in [0.29, 0.717) is 26.1 Å². The minimum atomic E-state index is -0.284. The van der Waals surface area contributed by atoms with Crippen LogP contribution in [0, 0.1) is 5.92 Å². The van der Waals surface area contributed by atoms with E-state index in [1.807, 2.05) is 30.3 Å². The van der Waals surface area contributed by atoms with Gasteiger partial charge in [-0.3, -0.25) is 14.4 Å². The van der Waals surface area contributed by atoms with Gasteiger partial charge in [0.1, 0.15) is 0 Å². The van der Waals surface area contributed by atoms with Crippen LogP contribution in [0.15, 0.2) is 30.3 Å². The highest BCUT2D eigenvalue weighted by molar-refractivity contribution is 5.88. The normalized spacial score (nSPS) is 25.2. The average Bonchev–Trinajstić information content (AvgIpc) is 2.79. The summed E-state index contributed by atoms with van der Waals surface area (Å²) in [6.45, 7) is 1.54. The van der Waals surface area contributed by atoms with Gasteiger partial charge in [-0.25, -0.2) is 0 Å². The first-order valence-electron chi connectivity index (χ1n) is 8.42. The first-order chi connectivity index (χ1) is 11.6. The molecule has 3 amide bonds. The fraction of sp³-hybridized carbons (Fsp3) is 0.500. The van der Waals surface area contributed by atoms with E-state index in [1.165, 1.54) is 0 Å². The molecule has 2 saturated heterocycles. The summed E-state index contributed by atoms with van der Waals surface area (Å²) >= 11 is 0. The fourth-order valence-electron chi connectivity index (χ4n) is 3.45. The molecule has 0 bridgehead atoms. The maximum atomic E-state index is 13.1. The first kappa shape index (κ1) is 16.5. The molecule has 0 aromatic heterocycles. The lowest BCUT2D eigenvalue weighted by molar-refractivity contribution is -0.146. The highest BCUT2D eigenvalue weighted by Gasteiger charge is 2.36. The molecule has 128 valence electrons. The lowest BCUT2D eigenvalue weighted by Gasteiger charge is -2.35. The van der Waals surface area contributed by atoms with Crippen molar-refractivity contribution in [1.29, 1.82) is 0 Å². The third-order valence-corrected chi connectivity index (χ3v) is 4.91. The van der Waals surface area contributed by atoms with Crippen molar-refractivity contribution in [2.24, 2.45) is 5.92 Å². The van der Waals surface area contributed by atoms with Gasteiger partial charge in [-0.2, -0.15) is 0 Å². The molecular formula is C18H23N3O3. The van der Waals surface area contributed by atoms with Crippen LogP contribution in [0.4, 0.5) is 0 Å². The summed E-state index contributed by atoms with van der Waals surface area (Å²) in [5.74, 6) is -0.326. The number of amides is 3. The molecule has 2 fully saturated rings. The molecule has 3 rings (SSSR count). The number of carbonyl (C=O) groups excluding carboxylic acids is 3. The third kappa shape index (κ3) is 3.42. The Balaban J connectivity index is 1.83. The maximum absolute atomic E-state index is 13.1. The number of nitrogens with one attached hydrogen (secondary N) is 1. The van der Waals surface area contributed by atoms with Crippen molar-refractivity contribution >= 4 is 17.7 Å². The largest absolute Gasteiger partial charge is 0.354 e. The van der Waals surface area contributed by atoms with Gasteiger partial charge in [-0.05, 0) is 12.0 Å². The van der Waals surface area contributed by atoms with Crippen molar-refractivity contribution in [2.45, 2.75) is 25.3 Å². The summed E-state index contributed by atoms with van der Waals surface area (Å²) in [6.07, 6.45) is 1.20. The molecule has 2 atom stereocenters. The number of hydrogen-bond donors (Lipinski definition) is 1. The van der Waals surface area contributed by atoms with Crippen LogP contribution < -0.4 is 5.32 Å². The Kier molecular flexibility index (Phi) is 4.83. The Labute approximate surface area is 141 Å². The molecule has 0 spiro atoms. The van der Waals surface area contributed by atoms with Crippen LogP contribution in [0.2, 0.25) is 0 Å². The molecule has 6 heteroatoms. The van der Waals surface area contributed by atoms with E-state index in [9.17, 15) is 14.4 Å². The van der Waals surface area contributed by atoms with E-state index in [-0.39, 0.29) is 42.5 Å². The monoisotopic (exact) mass is 329 g/mol. The van der Waals surface area contributed by atoms with Gasteiger partial charge in [0.15, 0.2) is 0 Å². The molecule has 1 N–H and O–H groups in total. The SMILES string of the molecule is CN1CC[C@@H](C(=O)N2CCNC(=O)C[C@H]2c2ccccc2)CC1=O. The molecule has 1 aromatic rings. The number of carbonyl (C=O) groups is 3. The van der Waals surface area contributed by atoms with Gasteiger partial charge < -0.3 is 15.1 Å². The number of rotatable bonds is 2. The van der Waals surface area contributed by atoms with E-state index < -0.39 is 0 Å². The minimum absolute atomic E-state index is 0.0122. The predicted molar refractivity (Wildman–Crippen MR) is 88.9 cm³/mol. The smallest absolute Gasteiger partial charge is 0.226 e. The molecular weight excluding hydrogens is 306 g/mol. The Hall–Kier alpha value is -2.37. The van der Waals surface area contributed by atoms with Crippen LogP contribution in [0.3, 0.4) is 0 Å². The van der Waals surface area contributed by atoms with E-state index in [4.69, 9.17) is 0 Å². The lowest BCUT2D eigenvalue weighted by atomic mass is 9.93. The summed E-state index contributed by atoms with van der Waals surface area (Å²) in [6, 6.07) is 9.38. The van der Waals surface area contributed by atoms with Gasteiger partial charge in [-0.1, -0.05) is 30.3 Å². The minimum Gasteiger partial charge on any atom is -0.354 e. The second-order valence-corrected chi connectivity index (χ2v) is 6.52. The molecule has 1 aromatic carbocycles. The van der Waals surface area contributed by atoms with Gasteiger partial charge >= 0.3 is 0 Å². The second-order valence-electron chi connectivity index (χ2n) is 6.52. The van der Waals surface area contributed by atoms with Gasteiger partial charge in [0.25, 0.3) is 0 Å². The number of likely N-dealkylation sites (tertiary alicyclic amines) is 1. The average molecular weight is 329 g/mol. The van der Waals surface area contributed by atoms with Crippen LogP contribution in [-0.2, 0) is 14.4 Å². The third-order valence-electron chi connectivity index (χ3n) is 4.91. The number of piperidine rings is 1. The molecule has 0 unspecified atom stereocenters. The molecule has 2 heterocycles. The first-order valence-corrected chi connectivity index (χ1v) is 8.42. The summed E-state index contributed by atoms with van der Waals surface area (Å²) < 4.78 is 0. The van der Waals surface area contributed by atoms with E-state index in [0.717, 1.165) is 5.56 Å². The highest BCUT2D eigenvalue weighted by atomic mass is 16.2. The number of hydrogen-bond acceptors (Lipinski definition) is 3. The Morgan fingerprint density at radius 2 is 1.88 bits per heavy atom. The topological polar surface area (TPSA) is 69.7 Å². The summed E-state index contributed by atoms with van der Waals surface area (Å²) in [7, 11) is 1.77. The summed E-state index contributed by atoms with van der Waals surface area (Å²) in [5.41, 5.74) is 0.960. The maximum Gasteiger partial charge on any atom is 0.226 e. The van der Waals surface area contributed by atoms with E-state index in [2.05, 4.69) is 5.32 Å². The summed E-state index contributed by atoms with van der Waals surface area (Å²) in [4.78, 5) is 40.5. The van der Waals surface area contributed by atoms with Crippen LogP contribution in [0.1, 0.15) is 30.9 Å². The van der Waals surface area contributed by atoms with Crippen molar-refractivity contribution in [2.75, 3.05) is 26.7 Å². The van der Waals surface area contributed by atoms with Crippen molar-refractivity contribution in [3.8, 4) is 0 Å². The molecule has 24 heavy (non-hydrogen) atoms. The van der Waals surface area contributed by atoms with Gasteiger partial charge in [-0.15, -0.1) is 0 Å². The Bertz CT molecular complexity index is 632. The molecule has 6 nitrogen and oxygen atoms in total. The van der Waals surface area contributed by atoms with Crippen molar-refractivity contribution in [3.63, 3.8) is 0 Å². The Morgan fingerprint density at radius 3 is 2.58 bits per heavy atom. The predicted octanol–water partition coefficient (Wildman–Crippen LogP) is 0.945. The van der Waals surface area contributed by atoms with Crippen LogP contribution >= 0.6 is 0 Å². The quantitative estimate of drug-likeness (QED) is 0.878. The van der Waals surface area contributed by atoms with Crippen LogP contribution in [0.25, 0.3) is 0 Å². The van der Waals surface area contributed by atoms with Crippen molar-refractivity contribution in [3.05, 3.63) is 35.9 Å². The van der Waals surface area contributed by atoms with E-state index >= 15 is 0 Å². The van der Waals surface area contributed by atoms with Crippen molar-refractivity contribution in [1.82, 2.24) is 15.1 Å². The fourth-order valence-corrected chi connectivity index (χ4v) is 3.45. The number of nitrogens with zero attached hydrogens (tertiary/aromatic N) is 2. The molecule has 0 radical (unpaired) electrons. The Morgan fingerprint density at radius 1 is 1.12 bits per heavy atom. The van der Waals surface area contributed by atoms with Crippen LogP contribution in [-0.4, -0.2) is 54.2 Å². The van der Waals surface area contributed by atoms with Crippen LogP contribution in [0.5, 0.6) is 0 Å². The van der Waals surface area contributed by atoms with Gasteiger partial charge in [0.2, 0.25) is 17.7 Å². The van der Waals surface area contributed by atoms with E-state index in [1.54, 1.807) is 16.8 Å². The zero-order valence-corrected chi connectivity index (χ0v) is 13.9. The molecule has 2 aliphatic rings. The second kappa shape index (κ2) is 7.03. The van der Waals surface area contributed by atoms with Crippen molar-refractivity contribution < 1.29 is 14.4 Å². The molecule has 0 aliphatic carbocycles. The summed E-state index contributed by atoms with van der Waals surface area (Å²) in [5, 5.41) is 2.84. The molecule has 2 aliphatic heterocycles. The molecule has 0 saturated carbocycles. The van der Waals surface area contributed by atoms with Gasteiger partial charge in [0, 0.05) is 39.0 Å². The highest BCUT2D eigenvalue weighted by Crippen LogP contribution is 2.29. The zero-order valence-electron chi connectivity index (χ0n) is 13.9. The zero-order chi connectivity index (χ0) is 17.1. The standard InChI is InChI=1S/C18H23N3O3/c1-20-9-7-14(11-17(20)23)18(24)21-10-8-19-16(22)12-15(21)13-5-3-2-4-6-13/h2-6,14-15H,7-12H2,1H3,(H,19,22)/t14-,15+/m1/s1.